The Balaban J connectivity index is 2.31. The smallest absolute Gasteiger partial charge is 0.0931 e. The van der Waals surface area contributed by atoms with Gasteiger partial charge in [-0.2, -0.15) is 5.10 Å². The predicted molar refractivity (Wildman–Crippen MR) is 59.7 cm³/mol. The van der Waals surface area contributed by atoms with Crippen LogP contribution in [0.1, 0.15) is 18.7 Å². The molecule has 0 spiro atoms. The fourth-order valence-electron chi connectivity index (χ4n) is 1.22. The lowest BCUT2D eigenvalue weighted by Gasteiger charge is -2.04. The first-order valence-electron chi connectivity index (χ1n) is 4.51. The van der Waals surface area contributed by atoms with E-state index in [9.17, 15) is 5.11 Å². The summed E-state index contributed by atoms with van der Waals surface area (Å²) in [6, 6.07) is 3.66. The Labute approximate surface area is 95.7 Å². The van der Waals surface area contributed by atoms with E-state index in [4.69, 9.17) is 0 Å². The maximum absolute atomic E-state index is 9.30. The molecule has 2 aromatic rings. The molecular formula is C10H10BrN3O. The Bertz CT molecular complexity index is 450. The zero-order chi connectivity index (χ0) is 10.8. The molecule has 5 heteroatoms. The van der Waals surface area contributed by atoms with Crippen molar-refractivity contribution in [1.82, 2.24) is 14.8 Å². The molecule has 0 saturated heterocycles. The molecule has 0 aliphatic rings. The van der Waals surface area contributed by atoms with Crippen LogP contribution in [0, 0.1) is 0 Å². The van der Waals surface area contributed by atoms with Crippen LogP contribution in [-0.2, 0) is 0 Å². The molecule has 15 heavy (non-hydrogen) atoms. The topological polar surface area (TPSA) is 50.9 Å². The lowest BCUT2D eigenvalue weighted by molar-refractivity contribution is 0.194. The van der Waals surface area contributed by atoms with Crippen LogP contribution in [0.15, 0.2) is 35.2 Å². The molecule has 0 aliphatic heterocycles. The van der Waals surface area contributed by atoms with Gasteiger partial charge in [-0.1, -0.05) is 0 Å². The minimum atomic E-state index is -0.539. The average molecular weight is 268 g/mol. The van der Waals surface area contributed by atoms with E-state index in [1.165, 1.54) is 0 Å². The Hall–Kier alpha value is -1.20. The van der Waals surface area contributed by atoms with Crippen molar-refractivity contribution >= 4 is 15.9 Å². The van der Waals surface area contributed by atoms with Crippen molar-refractivity contribution in [2.45, 2.75) is 13.0 Å². The second-order valence-electron chi connectivity index (χ2n) is 3.22. The minimum Gasteiger partial charge on any atom is -0.387 e. The maximum Gasteiger partial charge on any atom is 0.0931 e. The number of rotatable bonds is 2. The summed E-state index contributed by atoms with van der Waals surface area (Å²) in [5.74, 6) is 0. The Morgan fingerprint density at radius 1 is 1.40 bits per heavy atom. The lowest BCUT2D eigenvalue weighted by atomic mass is 10.2. The number of hydrogen-bond donors (Lipinski definition) is 1. The SMILES string of the molecule is CC(O)c1ccc(-n2cc(Br)cn2)cn1. The number of nitrogens with zero attached hydrogens (tertiary/aromatic N) is 3. The number of aliphatic hydroxyl groups is 1. The van der Waals surface area contributed by atoms with Crippen molar-refractivity contribution in [3.8, 4) is 5.69 Å². The van der Waals surface area contributed by atoms with Gasteiger partial charge in [0, 0.05) is 6.20 Å². The van der Waals surface area contributed by atoms with Gasteiger partial charge in [0.05, 0.1) is 34.4 Å². The Kier molecular flexibility index (Phi) is 2.83. The molecule has 1 unspecified atom stereocenters. The van der Waals surface area contributed by atoms with E-state index in [0.717, 1.165) is 10.2 Å². The molecule has 1 N–H and O–H groups in total. The zero-order valence-corrected chi connectivity index (χ0v) is 9.72. The molecule has 0 aliphatic carbocycles. The van der Waals surface area contributed by atoms with E-state index >= 15 is 0 Å². The van der Waals surface area contributed by atoms with Gasteiger partial charge >= 0.3 is 0 Å². The molecule has 0 amide bonds. The third kappa shape index (κ3) is 2.24. The van der Waals surface area contributed by atoms with Crippen LogP contribution in [0.3, 0.4) is 0 Å². The summed E-state index contributed by atoms with van der Waals surface area (Å²) in [4.78, 5) is 4.14. The summed E-state index contributed by atoms with van der Waals surface area (Å²) in [5, 5.41) is 13.4. The van der Waals surface area contributed by atoms with Gasteiger partial charge in [0.1, 0.15) is 0 Å². The number of halogens is 1. The number of hydrogen-bond acceptors (Lipinski definition) is 3. The van der Waals surface area contributed by atoms with Gasteiger partial charge in [0.2, 0.25) is 0 Å². The maximum atomic E-state index is 9.30. The molecule has 0 bridgehead atoms. The summed E-state index contributed by atoms with van der Waals surface area (Å²) >= 11 is 3.32. The number of aliphatic hydroxyl groups excluding tert-OH is 1. The van der Waals surface area contributed by atoms with Crippen molar-refractivity contribution < 1.29 is 5.11 Å². The molecule has 0 fully saturated rings. The molecule has 2 aromatic heterocycles. The van der Waals surface area contributed by atoms with Crippen molar-refractivity contribution in [1.29, 1.82) is 0 Å². The second kappa shape index (κ2) is 4.12. The van der Waals surface area contributed by atoms with E-state index in [2.05, 4.69) is 26.0 Å². The van der Waals surface area contributed by atoms with Crippen LogP contribution >= 0.6 is 15.9 Å². The molecule has 0 saturated carbocycles. The first kappa shape index (κ1) is 10.3. The molecule has 4 nitrogen and oxygen atoms in total. The van der Waals surface area contributed by atoms with Crippen molar-refractivity contribution in [2.24, 2.45) is 0 Å². The van der Waals surface area contributed by atoms with Crippen LogP contribution in [0.4, 0.5) is 0 Å². The monoisotopic (exact) mass is 267 g/mol. The summed E-state index contributed by atoms with van der Waals surface area (Å²) < 4.78 is 2.63. The molecule has 1 atom stereocenters. The first-order valence-corrected chi connectivity index (χ1v) is 5.30. The molecule has 78 valence electrons. The van der Waals surface area contributed by atoms with E-state index in [0.29, 0.717) is 5.69 Å². The van der Waals surface area contributed by atoms with Gasteiger partial charge in [0.15, 0.2) is 0 Å². The summed E-state index contributed by atoms with van der Waals surface area (Å²) in [6.45, 7) is 1.69. The summed E-state index contributed by atoms with van der Waals surface area (Å²) in [6.07, 6.45) is 4.70. The minimum absolute atomic E-state index is 0.539. The zero-order valence-electron chi connectivity index (χ0n) is 8.13. The van der Waals surface area contributed by atoms with Crippen LogP contribution in [-0.4, -0.2) is 19.9 Å². The highest BCUT2D eigenvalue weighted by Gasteiger charge is 2.03. The van der Waals surface area contributed by atoms with E-state index in [1.54, 1.807) is 30.1 Å². The normalized spacial score (nSPS) is 12.7. The molecule has 0 aromatic carbocycles. The van der Waals surface area contributed by atoms with Gasteiger partial charge in [-0.3, -0.25) is 4.98 Å². The van der Waals surface area contributed by atoms with E-state index < -0.39 is 6.10 Å². The van der Waals surface area contributed by atoms with Crippen LogP contribution < -0.4 is 0 Å². The fraction of sp³-hybridized carbons (Fsp3) is 0.200. The molecule has 0 radical (unpaired) electrons. The van der Waals surface area contributed by atoms with E-state index in [-0.39, 0.29) is 0 Å². The number of aromatic nitrogens is 3. The van der Waals surface area contributed by atoms with Crippen molar-refractivity contribution in [3.05, 3.63) is 40.9 Å². The standard InChI is InChI=1S/C10H10BrN3O/c1-7(15)10-3-2-9(5-12-10)14-6-8(11)4-13-14/h2-7,15H,1H3. The van der Waals surface area contributed by atoms with E-state index in [1.807, 2.05) is 12.3 Å². The van der Waals surface area contributed by atoms with Crippen LogP contribution in [0.2, 0.25) is 0 Å². The second-order valence-corrected chi connectivity index (χ2v) is 4.14. The largest absolute Gasteiger partial charge is 0.387 e. The van der Waals surface area contributed by atoms with Crippen molar-refractivity contribution in [3.63, 3.8) is 0 Å². The third-order valence-corrected chi connectivity index (χ3v) is 2.42. The summed E-state index contributed by atoms with van der Waals surface area (Å²) in [5.41, 5.74) is 1.52. The Morgan fingerprint density at radius 2 is 2.20 bits per heavy atom. The number of pyridine rings is 1. The predicted octanol–water partition coefficient (Wildman–Crippen LogP) is 2.08. The molecule has 2 rings (SSSR count). The first-order chi connectivity index (χ1) is 7.16. The molecule has 2 heterocycles. The van der Waals surface area contributed by atoms with Gasteiger partial charge in [-0.15, -0.1) is 0 Å². The van der Waals surface area contributed by atoms with Crippen molar-refractivity contribution in [2.75, 3.05) is 0 Å². The van der Waals surface area contributed by atoms with Crippen LogP contribution in [0.5, 0.6) is 0 Å². The highest BCUT2D eigenvalue weighted by atomic mass is 79.9. The van der Waals surface area contributed by atoms with Gasteiger partial charge in [-0.25, -0.2) is 4.68 Å². The highest BCUT2D eigenvalue weighted by molar-refractivity contribution is 9.10. The highest BCUT2D eigenvalue weighted by Crippen LogP contribution is 2.14. The lowest BCUT2D eigenvalue weighted by Crippen LogP contribution is -1.99. The third-order valence-electron chi connectivity index (χ3n) is 2.01. The van der Waals surface area contributed by atoms with Gasteiger partial charge in [0.25, 0.3) is 0 Å². The van der Waals surface area contributed by atoms with Gasteiger partial charge < -0.3 is 5.11 Å². The average Bonchev–Trinajstić information content (AvgIpc) is 2.65. The fourth-order valence-corrected chi connectivity index (χ4v) is 1.51. The van der Waals surface area contributed by atoms with Crippen LogP contribution in [0.25, 0.3) is 5.69 Å². The van der Waals surface area contributed by atoms with Gasteiger partial charge in [-0.05, 0) is 35.0 Å². The Morgan fingerprint density at radius 3 is 2.67 bits per heavy atom. The molecular weight excluding hydrogens is 258 g/mol. The quantitative estimate of drug-likeness (QED) is 0.907. The summed E-state index contributed by atoms with van der Waals surface area (Å²) in [7, 11) is 0.